The fraction of sp³-hybridized carbons (Fsp3) is 1.00. The Bertz CT molecular complexity index is 259. The Morgan fingerprint density at radius 1 is 1.10 bits per heavy atom. The van der Waals surface area contributed by atoms with Crippen LogP contribution in [-0.4, -0.2) is 41.4 Å². The van der Waals surface area contributed by atoms with Gasteiger partial charge in [-0.1, -0.05) is 52.9 Å². The predicted octanol–water partition coefficient (Wildman–Crippen LogP) is 3.25. The molecule has 0 radical (unpaired) electrons. The van der Waals surface area contributed by atoms with Gasteiger partial charge >= 0.3 is 0 Å². The van der Waals surface area contributed by atoms with Crippen LogP contribution in [0.2, 0.25) is 0 Å². The van der Waals surface area contributed by atoms with E-state index in [1.807, 2.05) is 6.92 Å². The van der Waals surface area contributed by atoms with Gasteiger partial charge in [0.05, 0.1) is 24.9 Å². The average molecular weight is 302 g/mol. The van der Waals surface area contributed by atoms with Crippen molar-refractivity contribution in [3.05, 3.63) is 0 Å². The van der Waals surface area contributed by atoms with E-state index in [4.69, 9.17) is 9.47 Å². The van der Waals surface area contributed by atoms with Crippen molar-refractivity contribution in [1.29, 1.82) is 0 Å². The molecule has 1 aliphatic rings. The molecule has 0 saturated carbocycles. The van der Waals surface area contributed by atoms with Crippen molar-refractivity contribution < 1.29 is 19.7 Å². The van der Waals surface area contributed by atoms with E-state index in [0.717, 1.165) is 25.7 Å². The lowest BCUT2D eigenvalue weighted by Crippen LogP contribution is -2.26. The van der Waals surface area contributed by atoms with Gasteiger partial charge in [-0.15, -0.1) is 0 Å². The highest BCUT2D eigenvalue weighted by atomic mass is 16.7. The fourth-order valence-electron chi connectivity index (χ4n) is 2.86. The van der Waals surface area contributed by atoms with Crippen molar-refractivity contribution in [3.8, 4) is 0 Å². The second-order valence-electron chi connectivity index (χ2n) is 6.34. The van der Waals surface area contributed by atoms with Crippen LogP contribution >= 0.6 is 0 Å². The van der Waals surface area contributed by atoms with Crippen LogP contribution in [-0.2, 0) is 9.47 Å². The van der Waals surface area contributed by atoms with Crippen molar-refractivity contribution in [2.45, 2.75) is 96.7 Å². The van der Waals surface area contributed by atoms with Crippen LogP contribution in [0.5, 0.6) is 0 Å². The van der Waals surface area contributed by atoms with Crippen molar-refractivity contribution in [2.75, 3.05) is 6.61 Å². The van der Waals surface area contributed by atoms with Gasteiger partial charge in [-0.25, -0.2) is 0 Å². The summed E-state index contributed by atoms with van der Waals surface area (Å²) in [6, 6.07) is 0. The Morgan fingerprint density at radius 2 is 1.86 bits per heavy atom. The number of aliphatic hydroxyl groups is 2. The van der Waals surface area contributed by atoms with Crippen LogP contribution < -0.4 is 0 Å². The molecule has 4 nitrogen and oxygen atoms in total. The van der Waals surface area contributed by atoms with Crippen LogP contribution in [0.1, 0.15) is 72.1 Å². The van der Waals surface area contributed by atoms with Crippen molar-refractivity contribution in [2.24, 2.45) is 5.92 Å². The number of unbranched alkanes of at least 4 members (excludes halogenated alkanes) is 3. The second-order valence-corrected chi connectivity index (χ2v) is 6.34. The molecule has 0 bridgehead atoms. The lowest BCUT2D eigenvalue weighted by Gasteiger charge is -2.17. The normalized spacial score (nSPS) is 30.7. The zero-order chi connectivity index (χ0) is 15.7. The van der Waals surface area contributed by atoms with Gasteiger partial charge in [0.2, 0.25) is 0 Å². The first-order valence-electron chi connectivity index (χ1n) is 8.73. The summed E-state index contributed by atoms with van der Waals surface area (Å²) >= 11 is 0. The van der Waals surface area contributed by atoms with E-state index < -0.39 is 6.10 Å². The molecule has 5 atom stereocenters. The molecule has 1 aliphatic heterocycles. The number of rotatable bonds is 11. The molecular formula is C17H34O4. The number of ether oxygens (including phenoxy) is 2. The molecule has 0 aliphatic carbocycles. The van der Waals surface area contributed by atoms with E-state index in [1.165, 1.54) is 19.3 Å². The Morgan fingerprint density at radius 3 is 2.52 bits per heavy atom. The molecule has 1 rings (SSSR count). The van der Waals surface area contributed by atoms with Crippen LogP contribution in [0.25, 0.3) is 0 Å². The highest BCUT2D eigenvalue weighted by Crippen LogP contribution is 2.30. The van der Waals surface area contributed by atoms with E-state index in [-0.39, 0.29) is 24.4 Å². The van der Waals surface area contributed by atoms with Gasteiger partial charge in [0.25, 0.3) is 0 Å². The maximum Gasteiger partial charge on any atom is 0.163 e. The lowest BCUT2D eigenvalue weighted by molar-refractivity contribution is -0.152. The van der Waals surface area contributed by atoms with Crippen LogP contribution in [0.4, 0.5) is 0 Å². The summed E-state index contributed by atoms with van der Waals surface area (Å²) in [6.07, 6.45) is 6.96. The summed E-state index contributed by atoms with van der Waals surface area (Å²) in [5, 5.41) is 20.0. The van der Waals surface area contributed by atoms with E-state index >= 15 is 0 Å². The summed E-state index contributed by atoms with van der Waals surface area (Å²) in [6.45, 7) is 6.73. The van der Waals surface area contributed by atoms with Crippen LogP contribution in [0.15, 0.2) is 0 Å². The average Bonchev–Trinajstić information content (AvgIpc) is 2.73. The highest BCUT2D eigenvalue weighted by Gasteiger charge is 2.40. The number of aliphatic hydroxyl groups excluding tert-OH is 2. The quantitative estimate of drug-likeness (QED) is 0.575. The minimum Gasteiger partial charge on any atom is -0.393 e. The van der Waals surface area contributed by atoms with Gasteiger partial charge in [0, 0.05) is 5.92 Å². The maximum atomic E-state index is 10.1. The zero-order valence-electron chi connectivity index (χ0n) is 14.0. The second kappa shape index (κ2) is 10.5. The first kappa shape index (κ1) is 18.9. The van der Waals surface area contributed by atoms with Gasteiger partial charge in [0.1, 0.15) is 0 Å². The Balaban J connectivity index is 2.14. The molecule has 2 N–H and O–H groups in total. The molecule has 0 aromatic rings. The van der Waals surface area contributed by atoms with Crippen LogP contribution in [0, 0.1) is 5.92 Å². The van der Waals surface area contributed by atoms with Gasteiger partial charge in [-0.3, -0.25) is 0 Å². The maximum absolute atomic E-state index is 10.1. The third kappa shape index (κ3) is 6.64. The molecule has 4 heteroatoms. The Kier molecular flexibility index (Phi) is 9.49. The predicted molar refractivity (Wildman–Crippen MR) is 84.1 cm³/mol. The summed E-state index contributed by atoms with van der Waals surface area (Å²) in [7, 11) is 0. The molecular weight excluding hydrogens is 268 g/mol. The number of hydrogen-bond donors (Lipinski definition) is 2. The first-order valence-corrected chi connectivity index (χ1v) is 8.73. The molecule has 1 saturated heterocycles. The summed E-state index contributed by atoms with van der Waals surface area (Å²) in [5.41, 5.74) is 0. The minimum atomic E-state index is -0.436. The summed E-state index contributed by atoms with van der Waals surface area (Å²) in [4.78, 5) is 0. The summed E-state index contributed by atoms with van der Waals surface area (Å²) < 4.78 is 11.5. The smallest absolute Gasteiger partial charge is 0.163 e. The standard InChI is InChI=1S/C17H34O4/c1-4-6-7-8-10-14(18)11-12-20-17-13(3)16(19)15(21-17)9-5-2/h13-19H,4-12H2,1-3H3. The van der Waals surface area contributed by atoms with Gasteiger partial charge < -0.3 is 19.7 Å². The molecule has 1 heterocycles. The first-order chi connectivity index (χ1) is 10.1. The van der Waals surface area contributed by atoms with Crippen molar-refractivity contribution in [3.63, 3.8) is 0 Å². The van der Waals surface area contributed by atoms with Gasteiger partial charge in [-0.2, -0.15) is 0 Å². The molecule has 0 aromatic heterocycles. The van der Waals surface area contributed by atoms with Crippen LogP contribution in [0.3, 0.4) is 0 Å². The van der Waals surface area contributed by atoms with E-state index in [0.29, 0.717) is 13.0 Å². The van der Waals surface area contributed by atoms with E-state index in [2.05, 4.69) is 13.8 Å². The van der Waals surface area contributed by atoms with Gasteiger partial charge in [0.15, 0.2) is 6.29 Å². The molecule has 21 heavy (non-hydrogen) atoms. The lowest BCUT2D eigenvalue weighted by atomic mass is 10.0. The zero-order valence-corrected chi connectivity index (χ0v) is 14.0. The molecule has 1 fully saturated rings. The SMILES string of the molecule is CCCCCCC(O)CCOC1OC(CCC)C(O)C1C. The molecule has 126 valence electrons. The highest BCUT2D eigenvalue weighted by molar-refractivity contribution is 4.83. The monoisotopic (exact) mass is 302 g/mol. The fourth-order valence-corrected chi connectivity index (χ4v) is 2.86. The Hall–Kier alpha value is -0.160. The third-order valence-electron chi connectivity index (χ3n) is 4.36. The molecule has 0 aromatic carbocycles. The topological polar surface area (TPSA) is 58.9 Å². The Labute approximate surface area is 129 Å². The largest absolute Gasteiger partial charge is 0.393 e. The molecule has 5 unspecified atom stereocenters. The van der Waals surface area contributed by atoms with E-state index in [1.54, 1.807) is 0 Å². The van der Waals surface area contributed by atoms with Crippen molar-refractivity contribution in [1.82, 2.24) is 0 Å². The third-order valence-corrected chi connectivity index (χ3v) is 4.36. The summed E-state index contributed by atoms with van der Waals surface area (Å²) in [5.74, 6) is 0.00301. The molecule has 0 spiro atoms. The minimum absolute atomic E-state index is 0.00301. The van der Waals surface area contributed by atoms with Crippen molar-refractivity contribution >= 4 is 0 Å². The number of hydrogen-bond acceptors (Lipinski definition) is 4. The van der Waals surface area contributed by atoms with E-state index in [9.17, 15) is 10.2 Å². The van der Waals surface area contributed by atoms with Gasteiger partial charge in [-0.05, 0) is 19.3 Å². The molecule has 0 amide bonds.